The van der Waals surface area contributed by atoms with Crippen molar-refractivity contribution in [1.29, 1.82) is 0 Å². The Morgan fingerprint density at radius 3 is 2.52 bits per heavy atom. The van der Waals surface area contributed by atoms with Gasteiger partial charge in [0.05, 0.1) is 5.02 Å². The van der Waals surface area contributed by atoms with Crippen molar-refractivity contribution in [2.24, 2.45) is 5.92 Å². The molecule has 2 aromatic carbocycles. The quantitative estimate of drug-likeness (QED) is 0.606. The second kappa shape index (κ2) is 8.90. The summed E-state index contributed by atoms with van der Waals surface area (Å²) < 4.78 is 5.60. The fourth-order valence-corrected chi connectivity index (χ4v) is 4.74. The molecule has 0 radical (unpaired) electrons. The van der Waals surface area contributed by atoms with Gasteiger partial charge in [0.2, 0.25) is 11.8 Å². The molecule has 0 saturated carbocycles. The number of anilines is 2. The third kappa shape index (κ3) is 4.33. The number of nitrogens with zero attached hydrogens (tertiary/aromatic N) is 2. The van der Waals surface area contributed by atoms with Gasteiger partial charge >= 0.3 is 0 Å². The molecule has 0 aliphatic carbocycles. The van der Waals surface area contributed by atoms with Crippen LogP contribution in [0.25, 0.3) is 11.0 Å². The number of rotatable bonds is 5. The van der Waals surface area contributed by atoms with Gasteiger partial charge in [-0.2, -0.15) is 0 Å². The van der Waals surface area contributed by atoms with Crippen molar-refractivity contribution < 1.29 is 18.8 Å². The monoisotopic (exact) mass is 465 g/mol. The summed E-state index contributed by atoms with van der Waals surface area (Å²) in [5.74, 6) is 0.0314. The Morgan fingerprint density at radius 2 is 1.79 bits per heavy atom. The maximum absolute atomic E-state index is 12.6. The second-order valence-corrected chi connectivity index (χ2v) is 8.97. The highest BCUT2D eigenvalue weighted by molar-refractivity contribution is 6.35. The van der Waals surface area contributed by atoms with Gasteiger partial charge in [0.1, 0.15) is 5.58 Å². The molecule has 0 bridgehead atoms. The molecule has 1 aromatic heterocycles. The smallest absolute Gasteiger partial charge is 0.287 e. The zero-order valence-electron chi connectivity index (χ0n) is 18.1. The van der Waals surface area contributed by atoms with Crippen molar-refractivity contribution in [2.75, 3.05) is 29.4 Å². The molecule has 1 atom stereocenters. The van der Waals surface area contributed by atoms with Gasteiger partial charge in [-0.1, -0.05) is 17.7 Å². The molecule has 170 valence electrons. The van der Waals surface area contributed by atoms with E-state index in [0.717, 1.165) is 30.8 Å². The predicted molar refractivity (Wildman–Crippen MR) is 127 cm³/mol. The summed E-state index contributed by atoms with van der Waals surface area (Å²) in [4.78, 5) is 40.8. The molecular weight excluding hydrogens is 442 g/mol. The number of carbonyl (C=O) groups excluding carboxylic acids is 3. The first-order valence-electron chi connectivity index (χ1n) is 11.2. The normalized spacial score (nSPS) is 18.9. The first-order chi connectivity index (χ1) is 16.0. The molecule has 1 N–H and O–H groups in total. The minimum atomic E-state index is -0.330. The van der Waals surface area contributed by atoms with E-state index >= 15 is 0 Å². The SMILES string of the molecule is O=C(NCC1CC(=O)N(c2ccc(N3CCCCC3=O)cc2)C1)c1cc2c(Cl)cccc2o1. The van der Waals surface area contributed by atoms with Crippen LogP contribution in [0.4, 0.5) is 11.4 Å². The molecule has 0 spiro atoms. The molecule has 2 aliphatic heterocycles. The van der Waals surface area contributed by atoms with Crippen LogP contribution in [0.5, 0.6) is 0 Å². The molecule has 5 rings (SSSR count). The Labute approximate surface area is 196 Å². The maximum Gasteiger partial charge on any atom is 0.287 e. The van der Waals surface area contributed by atoms with Gasteiger partial charge < -0.3 is 19.5 Å². The topological polar surface area (TPSA) is 82.9 Å². The predicted octanol–water partition coefficient (Wildman–Crippen LogP) is 4.39. The number of furan rings is 1. The zero-order valence-corrected chi connectivity index (χ0v) is 18.8. The van der Waals surface area contributed by atoms with Crippen LogP contribution < -0.4 is 15.1 Å². The van der Waals surface area contributed by atoms with Crippen LogP contribution >= 0.6 is 11.6 Å². The largest absolute Gasteiger partial charge is 0.451 e. The zero-order chi connectivity index (χ0) is 22.9. The van der Waals surface area contributed by atoms with E-state index in [-0.39, 0.29) is 29.4 Å². The van der Waals surface area contributed by atoms with Gasteiger partial charge in [-0.25, -0.2) is 0 Å². The van der Waals surface area contributed by atoms with Crippen LogP contribution in [-0.4, -0.2) is 37.4 Å². The van der Waals surface area contributed by atoms with E-state index in [1.165, 1.54) is 0 Å². The van der Waals surface area contributed by atoms with E-state index < -0.39 is 0 Å². The number of carbonyl (C=O) groups is 3. The summed E-state index contributed by atoms with van der Waals surface area (Å²) in [6.45, 7) is 1.62. The van der Waals surface area contributed by atoms with E-state index in [1.54, 1.807) is 29.2 Å². The minimum Gasteiger partial charge on any atom is -0.451 e. The summed E-state index contributed by atoms with van der Waals surface area (Å²) in [7, 11) is 0. The highest BCUT2D eigenvalue weighted by atomic mass is 35.5. The van der Waals surface area contributed by atoms with Gasteiger partial charge in [-0.3, -0.25) is 14.4 Å². The average Bonchev–Trinajstić information content (AvgIpc) is 3.42. The number of hydrogen-bond donors (Lipinski definition) is 1. The first-order valence-corrected chi connectivity index (χ1v) is 11.5. The van der Waals surface area contributed by atoms with E-state index in [2.05, 4.69) is 5.32 Å². The number of halogens is 1. The number of benzene rings is 2. The molecule has 3 amide bonds. The van der Waals surface area contributed by atoms with Gasteiger partial charge in [0, 0.05) is 55.2 Å². The van der Waals surface area contributed by atoms with Crippen LogP contribution in [0.15, 0.2) is 52.9 Å². The summed E-state index contributed by atoms with van der Waals surface area (Å²) in [6, 6.07) is 14.5. The summed E-state index contributed by atoms with van der Waals surface area (Å²) >= 11 is 6.15. The number of amides is 3. The molecule has 3 aromatic rings. The van der Waals surface area contributed by atoms with Gasteiger partial charge in [-0.15, -0.1) is 0 Å². The standard InChI is InChI=1S/C25H24ClN3O4/c26-20-4-3-5-21-19(20)13-22(33-21)25(32)27-14-16-12-24(31)29(15-16)18-9-7-17(8-10-18)28-11-2-1-6-23(28)30/h3-5,7-10,13,16H,1-2,6,11-12,14-15H2,(H,27,32). The van der Waals surface area contributed by atoms with E-state index in [1.807, 2.05) is 29.2 Å². The molecule has 2 saturated heterocycles. The molecule has 33 heavy (non-hydrogen) atoms. The fourth-order valence-electron chi connectivity index (χ4n) is 4.52. The summed E-state index contributed by atoms with van der Waals surface area (Å²) in [5, 5.41) is 4.10. The first kappa shape index (κ1) is 21.5. The minimum absolute atomic E-state index is 0.00207. The lowest BCUT2D eigenvalue weighted by molar-refractivity contribution is -0.119. The van der Waals surface area contributed by atoms with Crippen molar-refractivity contribution in [3.63, 3.8) is 0 Å². The van der Waals surface area contributed by atoms with Crippen molar-refractivity contribution in [2.45, 2.75) is 25.7 Å². The lowest BCUT2D eigenvalue weighted by Gasteiger charge is -2.27. The van der Waals surface area contributed by atoms with Crippen LogP contribution in [0.1, 0.15) is 36.2 Å². The van der Waals surface area contributed by atoms with Crippen molar-refractivity contribution >= 4 is 51.7 Å². The highest BCUT2D eigenvalue weighted by Crippen LogP contribution is 2.29. The summed E-state index contributed by atoms with van der Waals surface area (Å²) in [6.07, 6.45) is 2.89. The van der Waals surface area contributed by atoms with Crippen molar-refractivity contribution in [1.82, 2.24) is 5.32 Å². The Kier molecular flexibility index (Phi) is 5.81. The van der Waals surface area contributed by atoms with Crippen LogP contribution in [-0.2, 0) is 9.59 Å². The molecular formula is C25H24ClN3O4. The van der Waals surface area contributed by atoms with Crippen molar-refractivity contribution in [3.05, 3.63) is 59.3 Å². The lowest BCUT2D eigenvalue weighted by atomic mass is 10.1. The van der Waals surface area contributed by atoms with Gasteiger partial charge in [0.15, 0.2) is 5.76 Å². The Balaban J connectivity index is 1.20. The molecule has 2 fully saturated rings. The second-order valence-electron chi connectivity index (χ2n) is 8.57. The number of nitrogens with one attached hydrogen (secondary N) is 1. The van der Waals surface area contributed by atoms with Crippen LogP contribution in [0, 0.1) is 5.92 Å². The third-order valence-electron chi connectivity index (χ3n) is 6.28. The summed E-state index contributed by atoms with van der Waals surface area (Å²) in [5.41, 5.74) is 2.23. The van der Waals surface area contributed by atoms with Crippen molar-refractivity contribution in [3.8, 4) is 0 Å². The fraction of sp³-hybridized carbons (Fsp3) is 0.320. The van der Waals surface area contributed by atoms with Gasteiger partial charge in [0.25, 0.3) is 5.91 Å². The Morgan fingerprint density at radius 1 is 1.03 bits per heavy atom. The molecule has 7 nitrogen and oxygen atoms in total. The average molecular weight is 466 g/mol. The maximum atomic E-state index is 12.6. The van der Waals surface area contributed by atoms with Crippen LogP contribution in [0.3, 0.4) is 0 Å². The number of hydrogen-bond acceptors (Lipinski definition) is 4. The third-order valence-corrected chi connectivity index (χ3v) is 6.61. The highest BCUT2D eigenvalue weighted by Gasteiger charge is 2.31. The number of piperidine rings is 1. The Bertz CT molecular complexity index is 1220. The Hall–Kier alpha value is -3.32. The number of fused-ring (bicyclic) bond motifs is 1. The van der Waals surface area contributed by atoms with Gasteiger partial charge in [-0.05, 0) is 55.3 Å². The lowest BCUT2D eigenvalue weighted by Crippen LogP contribution is -2.35. The van der Waals surface area contributed by atoms with E-state index in [0.29, 0.717) is 41.9 Å². The van der Waals surface area contributed by atoms with E-state index in [9.17, 15) is 14.4 Å². The molecule has 3 heterocycles. The van der Waals surface area contributed by atoms with E-state index in [4.69, 9.17) is 16.0 Å². The molecule has 8 heteroatoms. The molecule has 1 unspecified atom stereocenters. The van der Waals surface area contributed by atoms with Crippen LogP contribution in [0.2, 0.25) is 5.02 Å². The molecule has 2 aliphatic rings.